The minimum Gasteiger partial charge on any atom is -0.297 e. The number of benzene rings is 3. The van der Waals surface area contributed by atoms with Crippen LogP contribution in [0.25, 0.3) is 21.8 Å². The molecule has 5 nitrogen and oxygen atoms in total. The largest absolute Gasteiger partial charge is 0.297 e. The molecule has 152 valence electrons. The molecule has 3 aromatic carbocycles. The molecule has 4 aromatic rings. The first-order valence-corrected chi connectivity index (χ1v) is 10.0. The van der Waals surface area contributed by atoms with Crippen molar-refractivity contribution in [3.05, 3.63) is 82.9 Å². The summed E-state index contributed by atoms with van der Waals surface area (Å²) >= 11 is 0. The van der Waals surface area contributed by atoms with E-state index < -0.39 is 6.10 Å². The Morgan fingerprint density at radius 3 is 2.40 bits per heavy atom. The number of hydrazine groups is 1. The Hall–Kier alpha value is -3.28. The Morgan fingerprint density at radius 2 is 1.60 bits per heavy atom. The first-order chi connectivity index (χ1) is 14.4. The molecule has 1 unspecified atom stereocenters. The number of Topliss-reactive ketones (excluding diaryl/α,β-unsaturated/α-hetero) is 1. The van der Waals surface area contributed by atoms with E-state index in [0.29, 0.717) is 5.56 Å². The van der Waals surface area contributed by atoms with Crippen molar-refractivity contribution < 1.29 is 9.63 Å². The molecule has 2 N–H and O–H groups in total. The van der Waals surface area contributed by atoms with Crippen molar-refractivity contribution in [3.63, 3.8) is 0 Å². The van der Waals surface area contributed by atoms with Gasteiger partial charge < -0.3 is 0 Å². The van der Waals surface area contributed by atoms with E-state index in [-0.39, 0.29) is 5.78 Å². The van der Waals surface area contributed by atoms with Crippen molar-refractivity contribution in [2.75, 3.05) is 5.43 Å². The molecule has 1 heterocycles. The van der Waals surface area contributed by atoms with E-state index in [4.69, 9.17) is 9.82 Å². The van der Waals surface area contributed by atoms with E-state index in [9.17, 15) is 4.79 Å². The number of hydrogen-bond acceptors (Lipinski definition) is 5. The number of ketones is 1. The van der Waals surface area contributed by atoms with Gasteiger partial charge in [0, 0.05) is 16.3 Å². The standard InChI is InChI=1S/C25H25N3O2/c1-15-9-11-19(17(3)13-15)25(29)18(4)30-28-27-24-20-7-5-6-8-22(20)26-23-14-16(2)10-12-21(23)24/h5-14,18,28H,1-4H3,(H,26,27). The van der Waals surface area contributed by atoms with Gasteiger partial charge in [-0.1, -0.05) is 54.1 Å². The Bertz CT molecular complexity index is 1250. The van der Waals surface area contributed by atoms with Crippen molar-refractivity contribution in [1.82, 2.24) is 10.6 Å². The third-order valence-corrected chi connectivity index (χ3v) is 5.27. The fourth-order valence-electron chi connectivity index (χ4n) is 3.67. The van der Waals surface area contributed by atoms with Crippen LogP contribution < -0.4 is 11.0 Å². The van der Waals surface area contributed by atoms with Crippen LogP contribution in [0.2, 0.25) is 0 Å². The first-order valence-electron chi connectivity index (χ1n) is 10.0. The van der Waals surface area contributed by atoms with Gasteiger partial charge in [0.25, 0.3) is 0 Å². The Morgan fingerprint density at radius 1 is 0.900 bits per heavy atom. The molecule has 0 saturated heterocycles. The summed E-state index contributed by atoms with van der Waals surface area (Å²) in [5.74, 6) is -0.0677. The highest BCUT2D eigenvalue weighted by atomic mass is 16.7. The molecular weight excluding hydrogens is 374 g/mol. The number of aromatic nitrogens is 1. The first kappa shape index (κ1) is 20.0. The molecule has 4 rings (SSSR count). The van der Waals surface area contributed by atoms with Gasteiger partial charge in [-0.3, -0.25) is 15.1 Å². The van der Waals surface area contributed by atoms with Gasteiger partial charge in [0.1, 0.15) is 6.10 Å². The third kappa shape index (κ3) is 3.90. The van der Waals surface area contributed by atoms with Gasteiger partial charge in [-0.05, 0) is 51.0 Å². The number of pyridine rings is 1. The lowest BCUT2D eigenvalue weighted by molar-refractivity contribution is 0.00516. The van der Waals surface area contributed by atoms with Gasteiger partial charge in [0.15, 0.2) is 5.78 Å². The lowest BCUT2D eigenvalue weighted by Crippen LogP contribution is -2.32. The Labute approximate surface area is 176 Å². The van der Waals surface area contributed by atoms with Crippen molar-refractivity contribution in [1.29, 1.82) is 0 Å². The number of hydrogen-bond donors (Lipinski definition) is 2. The van der Waals surface area contributed by atoms with Crippen LogP contribution in [0.4, 0.5) is 5.69 Å². The molecule has 1 atom stereocenters. The highest BCUT2D eigenvalue weighted by molar-refractivity contribution is 6.07. The summed E-state index contributed by atoms with van der Waals surface area (Å²) in [6.45, 7) is 7.74. The normalized spacial score (nSPS) is 12.3. The molecule has 1 aromatic heterocycles. The Kier molecular flexibility index (Phi) is 5.48. The molecule has 30 heavy (non-hydrogen) atoms. The van der Waals surface area contributed by atoms with Crippen LogP contribution in [0, 0.1) is 20.8 Å². The summed E-state index contributed by atoms with van der Waals surface area (Å²) in [6, 6.07) is 19.9. The maximum absolute atomic E-state index is 12.8. The number of para-hydroxylation sites is 1. The second-order valence-corrected chi connectivity index (χ2v) is 7.69. The summed E-state index contributed by atoms with van der Waals surface area (Å²) in [5, 5.41) is 1.95. The molecule has 0 aliphatic heterocycles. The minimum absolute atomic E-state index is 0.0677. The van der Waals surface area contributed by atoms with Crippen LogP contribution in [0.15, 0.2) is 60.7 Å². The quantitative estimate of drug-likeness (QED) is 0.257. The molecule has 0 bridgehead atoms. The fraction of sp³-hybridized carbons (Fsp3) is 0.200. The second-order valence-electron chi connectivity index (χ2n) is 7.69. The smallest absolute Gasteiger partial charge is 0.193 e. The average molecular weight is 399 g/mol. The highest BCUT2D eigenvalue weighted by Crippen LogP contribution is 2.30. The van der Waals surface area contributed by atoms with E-state index in [1.807, 2.05) is 69.3 Å². The maximum atomic E-state index is 12.8. The van der Waals surface area contributed by atoms with Crippen LogP contribution in [-0.4, -0.2) is 16.9 Å². The average Bonchev–Trinajstić information content (AvgIpc) is 2.72. The van der Waals surface area contributed by atoms with Gasteiger partial charge in [0.05, 0.1) is 16.7 Å². The molecule has 0 fully saturated rings. The zero-order valence-corrected chi connectivity index (χ0v) is 17.6. The zero-order valence-electron chi connectivity index (χ0n) is 17.6. The van der Waals surface area contributed by atoms with Crippen molar-refractivity contribution >= 4 is 33.3 Å². The Balaban J connectivity index is 1.56. The van der Waals surface area contributed by atoms with Gasteiger partial charge in [-0.25, -0.2) is 4.98 Å². The molecule has 5 heteroatoms. The zero-order chi connectivity index (χ0) is 21.3. The number of anilines is 1. The summed E-state index contributed by atoms with van der Waals surface area (Å²) < 4.78 is 0. The molecular formula is C25H25N3O2. The lowest BCUT2D eigenvalue weighted by Gasteiger charge is -2.17. The molecule has 0 saturated carbocycles. The van der Waals surface area contributed by atoms with Crippen LogP contribution >= 0.6 is 0 Å². The SMILES string of the molecule is Cc1ccc(C(=O)C(C)ONNc2c3ccccc3nc3cc(C)ccc23)c(C)c1. The summed E-state index contributed by atoms with van der Waals surface area (Å²) in [6.07, 6.45) is -0.652. The van der Waals surface area contributed by atoms with E-state index >= 15 is 0 Å². The predicted octanol–water partition coefficient (Wildman–Crippen LogP) is 5.43. The second kappa shape index (κ2) is 8.22. The van der Waals surface area contributed by atoms with Crippen molar-refractivity contribution in [3.8, 4) is 0 Å². The molecule has 0 aliphatic rings. The molecule has 0 spiro atoms. The summed E-state index contributed by atoms with van der Waals surface area (Å²) in [7, 11) is 0. The number of nitrogens with one attached hydrogen (secondary N) is 2. The van der Waals surface area contributed by atoms with E-state index in [1.54, 1.807) is 6.92 Å². The number of carbonyl (C=O) groups is 1. The van der Waals surface area contributed by atoms with Crippen LogP contribution in [0.5, 0.6) is 0 Å². The number of rotatable bonds is 6. The summed E-state index contributed by atoms with van der Waals surface area (Å²) in [4.78, 5) is 23.2. The topological polar surface area (TPSA) is 63.2 Å². The highest BCUT2D eigenvalue weighted by Gasteiger charge is 2.18. The lowest BCUT2D eigenvalue weighted by atomic mass is 10.00. The van der Waals surface area contributed by atoms with Crippen LogP contribution in [0.1, 0.15) is 34.0 Å². The number of carbonyl (C=O) groups excluding carboxylic acids is 1. The van der Waals surface area contributed by atoms with E-state index in [0.717, 1.165) is 44.2 Å². The molecule has 0 aliphatic carbocycles. The van der Waals surface area contributed by atoms with Gasteiger partial charge >= 0.3 is 0 Å². The molecule has 0 amide bonds. The minimum atomic E-state index is -0.652. The number of aryl methyl sites for hydroxylation is 3. The number of nitrogens with zero attached hydrogens (tertiary/aromatic N) is 1. The van der Waals surface area contributed by atoms with Crippen molar-refractivity contribution in [2.45, 2.75) is 33.8 Å². The maximum Gasteiger partial charge on any atom is 0.193 e. The fourth-order valence-corrected chi connectivity index (χ4v) is 3.67. The van der Waals surface area contributed by atoms with Gasteiger partial charge in [-0.2, -0.15) is 0 Å². The third-order valence-electron chi connectivity index (χ3n) is 5.27. The van der Waals surface area contributed by atoms with E-state index in [1.165, 1.54) is 0 Å². The van der Waals surface area contributed by atoms with Crippen molar-refractivity contribution in [2.24, 2.45) is 0 Å². The van der Waals surface area contributed by atoms with E-state index in [2.05, 4.69) is 23.1 Å². The van der Waals surface area contributed by atoms with Gasteiger partial charge in [-0.15, -0.1) is 5.59 Å². The molecule has 0 radical (unpaired) electrons. The predicted molar refractivity (Wildman–Crippen MR) is 122 cm³/mol. The van der Waals surface area contributed by atoms with Gasteiger partial charge in [0.2, 0.25) is 0 Å². The summed E-state index contributed by atoms with van der Waals surface area (Å²) in [5.41, 5.74) is 12.5. The van der Waals surface area contributed by atoms with Crippen LogP contribution in [0.3, 0.4) is 0 Å². The van der Waals surface area contributed by atoms with Crippen LogP contribution in [-0.2, 0) is 4.84 Å². The monoisotopic (exact) mass is 399 g/mol. The number of fused-ring (bicyclic) bond motifs is 2.